The summed E-state index contributed by atoms with van der Waals surface area (Å²) in [5, 5.41) is 18.7. The van der Waals surface area contributed by atoms with E-state index in [9.17, 15) is 24.6 Å². The van der Waals surface area contributed by atoms with Crippen LogP contribution in [0.4, 0.5) is 0 Å². The van der Waals surface area contributed by atoms with Crippen molar-refractivity contribution in [1.82, 2.24) is 0 Å². The minimum atomic E-state index is -1.34. The SMILES string of the molecule is C=COCCCCC(CCCCOC=C)(CCCOC=C)OC(=O)c1cc(C(=O)O)cc(C(=O)O)c1. The fourth-order valence-electron chi connectivity index (χ4n) is 3.77. The molecule has 0 spiro atoms. The fourth-order valence-corrected chi connectivity index (χ4v) is 3.77. The zero-order valence-corrected chi connectivity index (χ0v) is 20.6. The first-order valence-electron chi connectivity index (χ1n) is 11.8. The second kappa shape index (κ2) is 16.8. The van der Waals surface area contributed by atoms with Gasteiger partial charge in [0.25, 0.3) is 0 Å². The van der Waals surface area contributed by atoms with Crippen molar-refractivity contribution in [2.75, 3.05) is 19.8 Å². The van der Waals surface area contributed by atoms with Crippen LogP contribution in [0.1, 0.15) is 82.4 Å². The van der Waals surface area contributed by atoms with E-state index >= 15 is 0 Å². The molecule has 1 rings (SSSR count). The molecule has 0 unspecified atom stereocenters. The molecule has 0 fully saturated rings. The second-order valence-electron chi connectivity index (χ2n) is 8.11. The van der Waals surface area contributed by atoms with E-state index in [1.54, 1.807) is 0 Å². The molecule has 0 heterocycles. The molecule has 1 aromatic carbocycles. The summed E-state index contributed by atoms with van der Waals surface area (Å²) in [5.41, 5.74) is -1.64. The Labute approximate surface area is 212 Å². The molecular formula is C27H36O9. The molecule has 0 amide bonds. The number of aromatic carboxylic acids is 2. The molecule has 0 atom stereocenters. The molecule has 9 nitrogen and oxygen atoms in total. The lowest BCUT2D eigenvalue weighted by Gasteiger charge is -2.34. The van der Waals surface area contributed by atoms with E-state index in [4.69, 9.17) is 18.9 Å². The van der Waals surface area contributed by atoms with Crippen molar-refractivity contribution in [2.24, 2.45) is 0 Å². The Kier molecular flexibility index (Phi) is 14.1. The lowest BCUT2D eigenvalue weighted by molar-refractivity contribution is -0.0384. The van der Waals surface area contributed by atoms with Crippen molar-refractivity contribution < 1.29 is 43.5 Å². The average molecular weight is 505 g/mol. The molecule has 1 aromatic rings. The van der Waals surface area contributed by atoms with Crippen molar-refractivity contribution in [1.29, 1.82) is 0 Å². The maximum atomic E-state index is 13.2. The van der Waals surface area contributed by atoms with Gasteiger partial charge >= 0.3 is 17.9 Å². The van der Waals surface area contributed by atoms with Gasteiger partial charge in [0, 0.05) is 0 Å². The van der Waals surface area contributed by atoms with Crippen molar-refractivity contribution in [3.8, 4) is 0 Å². The van der Waals surface area contributed by atoms with Gasteiger partial charge in [-0.05, 0) is 69.6 Å². The maximum Gasteiger partial charge on any atom is 0.338 e. The Morgan fingerprint density at radius 2 is 1.06 bits per heavy atom. The predicted molar refractivity (Wildman–Crippen MR) is 134 cm³/mol. The fraction of sp³-hybridized carbons (Fsp3) is 0.444. The van der Waals surface area contributed by atoms with Crippen molar-refractivity contribution in [3.05, 3.63) is 73.4 Å². The Hall–Kier alpha value is -3.75. The molecule has 0 aliphatic rings. The summed E-state index contributed by atoms with van der Waals surface area (Å²) in [4.78, 5) is 36.2. The lowest BCUT2D eigenvalue weighted by Crippen LogP contribution is -2.36. The number of carbonyl (C=O) groups excluding carboxylic acids is 1. The number of rotatable bonds is 21. The van der Waals surface area contributed by atoms with E-state index in [0.717, 1.165) is 18.2 Å². The van der Waals surface area contributed by atoms with Gasteiger partial charge in [-0.25, -0.2) is 14.4 Å². The third-order valence-corrected chi connectivity index (χ3v) is 5.51. The molecule has 0 saturated heterocycles. The first kappa shape index (κ1) is 30.3. The third kappa shape index (κ3) is 11.1. The summed E-state index contributed by atoms with van der Waals surface area (Å²) in [7, 11) is 0. The number of carboxylic acids is 2. The topological polar surface area (TPSA) is 129 Å². The summed E-state index contributed by atoms with van der Waals surface area (Å²) in [6, 6.07) is 3.25. The number of carboxylic acid groups (broad SMARTS) is 2. The number of hydrogen-bond acceptors (Lipinski definition) is 7. The van der Waals surface area contributed by atoms with Crippen LogP contribution in [0, 0.1) is 0 Å². The molecule has 9 heteroatoms. The van der Waals surface area contributed by atoms with Crippen LogP contribution in [0.3, 0.4) is 0 Å². The van der Waals surface area contributed by atoms with Gasteiger partial charge in [0.15, 0.2) is 0 Å². The summed E-state index contributed by atoms with van der Waals surface area (Å²) in [6.07, 6.45) is 9.03. The molecule has 36 heavy (non-hydrogen) atoms. The number of carbonyl (C=O) groups is 3. The molecule has 0 radical (unpaired) electrons. The van der Waals surface area contributed by atoms with E-state index in [0.29, 0.717) is 71.2 Å². The van der Waals surface area contributed by atoms with E-state index in [1.165, 1.54) is 18.8 Å². The first-order valence-corrected chi connectivity index (χ1v) is 11.8. The van der Waals surface area contributed by atoms with E-state index in [-0.39, 0.29) is 16.7 Å². The number of unbranched alkanes of at least 4 members (excludes halogenated alkanes) is 2. The van der Waals surface area contributed by atoms with Crippen LogP contribution < -0.4 is 0 Å². The molecule has 2 N–H and O–H groups in total. The Bertz CT molecular complexity index is 841. The molecule has 0 aromatic heterocycles. The van der Waals surface area contributed by atoms with Crippen LogP contribution in [-0.2, 0) is 18.9 Å². The summed E-state index contributed by atoms with van der Waals surface area (Å²) < 4.78 is 21.7. The lowest BCUT2D eigenvalue weighted by atomic mass is 9.86. The average Bonchev–Trinajstić information content (AvgIpc) is 2.86. The number of benzene rings is 1. The van der Waals surface area contributed by atoms with Crippen LogP contribution in [0.5, 0.6) is 0 Å². The van der Waals surface area contributed by atoms with Crippen LogP contribution in [0.25, 0.3) is 0 Å². The number of ether oxygens (including phenoxy) is 4. The second-order valence-corrected chi connectivity index (χ2v) is 8.11. The Morgan fingerprint density at radius 3 is 1.47 bits per heavy atom. The van der Waals surface area contributed by atoms with Gasteiger partial charge in [0.1, 0.15) is 5.60 Å². The Morgan fingerprint density at radius 1 is 0.667 bits per heavy atom. The van der Waals surface area contributed by atoms with Gasteiger partial charge in [-0.3, -0.25) is 0 Å². The summed E-state index contributed by atoms with van der Waals surface area (Å²) >= 11 is 0. The predicted octanol–water partition coefficient (Wildman–Crippen LogP) is 5.58. The van der Waals surface area contributed by atoms with E-state index < -0.39 is 23.5 Å². The highest BCUT2D eigenvalue weighted by atomic mass is 16.6. The zero-order chi connectivity index (χ0) is 26.8. The molecular weight excluding hydrogens is 468 g/mol. The highest BCUT2D eigenvalue weighted by Gasteiger charge is 2.34. The van der Waals surface area contributed by atoms with Gasteiger partial charge < -0.3 is 29.2 Å². The molecule has 0 aliphatic heterocycles. The minimum Gasteiger partial charge on any atom is -0.502 e. The van der Waals surface area contributed by atoms with Gasteiger partial charge in [0.2, 0.25) is 0 Å². The molecule has 0 aliphatic carbocycles. The molecule has 0 saturated carbocycles. The molecule has 0 bridgehead atoms. The van der Waals surface area contributed by atoms with Crippen LogP contribution in [0.2, 0.25) is 0 Å². The normalized spacial score (nSPS) is 10.7. The van der Waals surface area contributed by atoms with Gasteiger partial charge in [-0.1, -0.05) is 19.7 Å². The van der Waals surface area contributed by atoms with Crippen molar-refractivity contribution in [2.45, 2.75) is 57.0 Å². The monoisotopic (exact) mass is 504 g/mol. The third-order valence-electron chi connectivity index (χ3n) is 5.51. The van der Waals surface area contributed by atoms with Crippen LogP contribution in [0.15, 0.2) is 56.7 Å². The van der Waals surface area contributed by atoms with E-state index in [2.05, 4.69) is 19.7 Å². The Balaban J connectivity index is 3.21. The maximum absolute atomic E-state index is 13.2. The standard InChI is InChI=1S/C27H36O9/c1-4-33-15-9-7-12-27(14-11-17-35-6-3,13-8-10-16-34-5-2)36-26(32)23-19-21(24(28)29)18-22(20-23)25(30)31/h4-6,18-20H,1-3,7-17H2,(H,28,29)(H,30,31). The highest BCUT2D eigenvalue weighted by molar-refractivity contribution is 5.99. The summed E-state index contributed by atoms with van der Waals surface area (Å²) in [6.45, 7) is 11.9. The van der Waals surface area contributed by atoms with Crippen LogP contribution in [-0.4, -0.2) is 53.5 Å². The van der Waals surface area contributed by atoms with E-state index in [1.807, 2.05) is 0 Å². The number of esters is 1. The number of hydrogen-bond donors (Lipinski definition) is 2. The smallest absolute Gasteiger partial charge is 0.338 e. The van der Waals surface area contributed by atoms with Crippen LogP contribution >= 0.6 is 0 Å². The van der Waals surface area contributed by atoms with Crippen molar-refractivity contribution in [3.63, 3.8) is 0 Å². The first-order chi connectivity index (χ1) is 17.3. The van der Waals surface area contributed by atoms with Gasteiger partial charge in [0.05, 0.1) is 55.3 Å². The summed E-state index contributed by atoms with van der Waals surface area (Å²) in [5.74, 6) is -3.47. The van der Waals surface area contributed by atoms with Gasteiger partial charge in [-0.15, -0.1) is 0 Å². The van der Waals surface area contributed by atoms with Crippen molar-refractivity contribution >= 4 is 17.9 Å². The van der Waals surface area contributed by atoms with Gasteiger partial charge in [-0.2, -0.15) is 0 Å². The highest BCUT2D eigenvalue weighted by Crippen LogP contribution is 2.33. The zero-order valence-electron chi connectivity index (χ0n) is 20.6. The molecule has 198 valence electrons. The quantitative estimate of drug-likeness (QED) is 0.125. The largest absolute Gasteiger partial charge is 0.502 e. The minimum absolute atomic E-state index is 0.135.